The number of piperidine rings is 1. The van der Waals surface area contributed by atoms with Crippen LogP contribution in [-0.4, -0.2) is 47.5 Å². The number of tetrazole rings is 1. The predicted molar refractivity (Wildman–Crippen MR) is 108 cm³/mol. The highest BCUT2D eigenvalue weighted by Crippen LogP contribution is 2.32. The van der Waals surface area contributed by atoms with Gasteiger partial charge in [-0.2, -0.15) is 0 Å². The number of aromatic amines is 1. The lowest BCUT2D eigenvalue weighted by molar-refractivity contribution is 0.0601. The summed E-state index contributed by atoms with van der Waals surface area (Å²) in [5, 5.41) is 11.2. The summed E-state index contributed by atoms with van der Waals surface area (Å²) in [6.07, 6.45) is 4.53. The molecule has 0 unspecified atom stereocenters. The summed E-state index contributed by atoms with van der Waals surface area (Å²) < 4.78 is 1.56. The molecule has 3 heterocycles. The van der Waals surface area contributed by atoms with E-state index >= 15 is 0 Å². The van der Waals surface area contributed by atoms with Gasteiger partial charge in [0, 0.05) is 12.1 Å². The zero-order chi connectivity index (χ0) is 19.8. The molecule has 2 aromatic heterocycles. The second kappa shape index (κ2) is 7.12. The SMILES string of the molecule is Cc1ccc2nc([C@@H]3CCCCN3C(=O)c3ccc(-n4cnnn4)cc3)[nH]c2c1. The van der Waals surface area contributed by atoms with Crippen molar-refractivity contribution in [2.24, 2.45) is 0 Å². The number of amides is 1. The zero-order valence-corrected chi connectivity index (χ0v) is 16.1. The Labute approximate surface area is 167 Å². The number of imidazole rings is 1. The van der Waals surface area contributed by atoms with E-state index in [1.54, 1.807) is 4.68 Å². The van der Waals surface area contributed by atoms with Crippen molar-refractivity contribution in [2.45, 2.75) is 32.2 Å². The molecule has 5 rings (SSSR count). The van der Waals surface area contributed by atoms with Gasteiger partial charge in [0.25, 0.3) is 5.91 Å². The normalized spacial score (nSPS) is 17.0. The summed E-state index contributed by atoms with van der Waals surface area (Å²) in [4.78, 5) is 23.4. The number of aryl methyl sites for hydroxylation is 1. The van der Waals surface area contributed by atoms with Gasteiger partial charge in [-0.05, 0) is 78.6 Å². The first-order chi connectivity index (χ1) is 14.2. The highest BCUT2D eigenvalue weighted by Gasteiger charge is 2.30. The standard InChI is InChI=1S/C21H21N7O/c1-14-5-10-17-18(12-14)24-20(23-17)19-4-2-3-11-27(19)21(29)15-6-8-16(9-7-15)28-13-22-25-26-28/h5-10,12-13,19H,2-4,11H2,1H3,(H,23,24)/t19-/m0/s1. The van der Waals surface area contributed by atoms with Crippen molar-refractivity contribution in [1.82, 2.24) is 35.1 Å². The summed E-state index contributed by atoms with van der Waals surface area (Å²) in [6.45, 7) is 2.80. The third-order valence-electron chi connectivity index (χ3n) is 5.46. The number of aromatic nitrogens is 6. The molecule has 4 aromatic rings. The van der Waals surface area contributed by atoms with Crippen molar-refractivity contribution in [3.05, 3.63) is 65.7 Å². The largest absolute Gasteiger partial charge is 0.340 e. The Balaban J connectivity index is 1.43. The Kier molecular flexibility index (Phi) is 4.31. The minimum absolute atomic E-state index is 0.0228. The molecule has 1 aliphatic rings. The molecule has 0 saturated carbocycles. The van der Waals surface area contributed by atoms with Crippen molar-refractivity contribution >= 4 is 16.9 Å². The van der Waals surface area contributed by atoms with Crippen LogP contribution in [0.1, 0.15) is 47.1 Å². The molecule has 8 nitrogen and oxygen atoms in total. The van der Waals surface area contributed by atoms with E-state index in [2.05, 4.69) is 39.6 Å². The average Bonchev–Trinajstić information content (AvgIpc) is 3.43. The molecule has 1 saturated heterocycles. The molecule has 29 heavy (non-hydrogen) atoms. The number of likely N-dealkylation sites (tertiary alicyclic amines) is 1. The number of hydrogen-bond acceptors (Lipinski definition) is 5. The quantitative estimate of drug-likeness (QED) is 0.583. The number of carbonyl (C=O) groups excluding carboxylic acids is 1. The summed E-state index contributed by atoms with van der Waals surface area (Å²) in [6, 6.07) is 13.5. The molecule has 1 fully saturated rings. The van der Waals surface area contributed by atoms with E-state index in [1.807, 2.05) is 35.2 Å². The third-order valence-corrected chi connectivity index (χ3v) is 5.46. The van der Waals surface area contributed by atoms with Crippen LogP contribution >= 0.6 is 0 Å². The van der Waals surface area contributed by atoms with Crippen LogP contribution in [0.4, 0.5) is 0 Å². The topological polar surface area (TPSA) is 92.6 Å². The Bertz CT molecular complexity index is 1150. The van der Waals surface area contributed by atoms with Gasteiger partial charge < -0.3 is 9.88 Å². The molecule has 146 valence electrons. The minimum atomic E-state index is -0.0388. The van der Waals surface area contributed by atoms with Crippen LogP contribution in [0.3, 0.4) is 0 Å². The molecular formula is C21H21N7O. The maximum Gasteiger partial charge on any atom is 0.254 e. The Morgan fingerprint density at radius 2 is 2.00 bits per heavy atom. The molecular weight excluding hydrogens is 366 g/mol. The molecule has 0 radical (unpaired) electrons. The first-order valence-corrected chi connectivity index (χ1v) is 9.80. The second-order valence-electron chi connectivity index (χ2n) is 7.45. The summed E-state index contributed by atoms with van der Waals surface area (Å²) in [5.74, 6) is 0.888. The van der Waals surface area contributed by atoms with Gasteiger partial charge in [-0.25, -0.2) is 9.67 Å². The number of H-pyrrole nitrogens is 1. The van der Waals surface area contributed by atoms with Gasteiger partial charge in [0.1, 0.15) is 12.2 Å². The molecule has 0 spiro atoms. The first kappa shape index (κ1) is 17.5. The van der Waals surface area contributed by atoms with Crippen LogP contribution in [0, 0.1) is 6.92 Å². The van der Waals surface area contributed by atoms with Crippen LogP contribution < -0.4 is 0 Å². The molecule has 1 atom stereocenters. The van der Waals surface area contributed by atoms with E-state index in [1.165, 1.54) is 11.9 Å². The molecule has 1 amide bonds. The molecule has 1 aliphatic heterocycles. The molecule has 2 aromatic carbocycles. The molecule has 1 N–H and O–H groups in total. The Hall–Kier alpha value is -3.55. The molecule has 0 bridgehead atoms. The van der Waals surface area contributed by atoms with Crippen LogP contribution in [0.5, 0.6) is 0 Å². The number of nitrogens with zero attached hydrogens (tertiary/aromatic N) is 6. The van der Waals surface area contributed by atoms with E-state index in [-0.39, 0.29) is 11.9 Å². The van der Waals surface area contributed by atoms with E-state index in [0.717, 1.165) is 48.4 Å². The van der Waals surface area contributed by atoms with Gasteiger partial charge in [-0.1, -0.05) is 6.07 Å². The highest BCUT2D eigenvalue weighted by molar-refractivity contribution is 5.94. The smallest absolute Gasteiger partial charge is 0.254 e. The Morgan fingerprint density at radius 3 is 2.79 bits per heavy atom. The maximum atomic E-state index is 13.3. The predicted octanol–water partition coefficient (Wildman–Crippen LogP) is 3.21. The van der Waals surface area contributed by atoms with Crippen molar-refractivity contribution in [3.8, 4) is 5.69 Å². The van der Waals surface area contributed by atoms with Crippen LogP contribution in [-0.2, 0) is 0 Å². The van der Waals surface area contributed by atoms with Gasteiger partial charge >= 0.3 is 0 Å². The van der Waals surface area contributed by atoms with Crippen molar-refractivity contribution < 1.29 is 4.79 Å². The monoisotopic (exact) mass is 387 g/mol. The highest BCUT2D eigenvalue weighted by atomic mass is 16.2. The summed E-state index contributed by atoms with van der Waals surface area (Å²) in [5.41, 5.74) is 4.61. The number of hydrogen-bond donors (Lipinski definition) is 1. The number of nitrogens with one attached hydrogen (secondary N) is 1. The van der Waals surface area contributed by atoms with Crippen LogP contribution in [0.25, 0.3) is 16.7 Å². The van der Waals surface area contributed by atoms with E-state index in [9.17, 15) is 4.79 Å². The van der Waals surface area contributed by atoms with Gasteiger partial charge in [-0.15, -0.1) is 5.10 Å². The van der Waals surface area contributed by atoms with Gasteiger partial charge in [0.15, 0.2) is 0 Å². The van der Waals surface area contributed by atoms with Crippen LogP contribution in [0.2, 0.25) is 0 Å². The average molecular weight is 387 g/mol. The number of fused-ring (bicyclic) bond motifs is 1. The van der Waals surface area contributed by atoms with Crippen molar-refractivity contribution in [1.29, 1.82) is 0 Å². The lowest BCUT2D eigenvalue weighted by Crippen LogP contribution is -2.39. The van der Waals surface area contributed by atoms with Crippen molar-refractivity contribution in [3.63, 3.8) is 0 Å². The fourth-order valence-electron chi connectivity index (χ4n) is 3.96. The number of carbonyl (C=O) groups is 1. The van der Waals surface area contributed by atoms with E-state index in [4.69, 9.17) is 4.98 Å². The lowest BCUT2D eigenvalue weighted by Gasteiger charge is -2.34. The van der Waals surface area contributed by atoms with Gasteiger partial charge in [-0.3, -0.25) is 4.79 Å². The van der Waals surface area contributed by atoms with E-state index < -0.39 is 0 Å². The van der Waals surface area contributed by atoms with Gasteiger partial charge in [0.2, 0.25) is 0 Å². The first-order valence-electron chi connectivity index (χ1n) is 9.80. The summed E-state index contributed by atoms with van der Waals surface area (Å²) in [7, 11) is 0. The number of benzene rings is 2. The van der Waals surface area contributed by atoms with Gasteiger partial charge in [0.05, 0.1) is 22.8 Å². The minimum Gasteiger partial charge on any atom is -0.340 e. The summed E-state index contributed by atoms with van der Waals surface area (Å²) >= 11 is 0. The molecule has 0 aliphatic carbocycles. The zero-order valence-electron chi connectivity index (χ0n) is 16.1. The number of rotatable bonds is 3. The molecule has 8 heteroatoms. The lowest BCUT2D eigenvalue weighted by atomic mass is 10.00. The van der Waals surface area contributed by atoms with Crippen molar-refractivity contribution in [2.75, 3.05) is 6.54 Å². The fourth-order valence-corrected chi connectivity index (χ4v) is 3.96. The Morgan fingerprint density at radius 1 is 1.14 bits per heavy atom. The fraction of sp³-hybridized carbons (Fsp3) is 0.286. The maximum absolute atomic E-state index is 13.3. The van der Waals surface area contributed by atoms with Crippen LogP contribution in [0.15, 0.2) is 48.8 Å². The van der Waals surface area contributed by atoms with E-state index in [0.29, 0.717) is 5.56 Å². The third kappa shape index (κ3) is 3.26. The second-order valence-corrected chi connectivity index (χ2v) is 7.45.